The summed E-state index contributed by atoms with van der Waals surface area (Å²) in [5.74, 6) is -0.550. The lowest BCUT2D eigenvalue weighted by atomic mass is 10.1. The van der Waals surface area contributed by atoms with E-state index in [2.05, 4.69) is 36.6 Å². The molecule has 29 heavy (non-hydrogen) atoms. The van der Waals surface area contributed by atoms with Crippen LogP contribution in [0.2, 0.25) is 0 Å². The van der Waals surface area contributed by atoms with Gasteiger partial charge in [-0.25, -0.2) is 9.67 Å². The van der Waals surface area contributed by atoms with E-state index in [9.17, 15) is 14.4 Å². The molecule has 1 aromatic carbocycles. The second-order valence-electron chi connectivity index (χ2n) is 7.12. The highest BCUT2D eigenvalue weighted by atomic mass is 79.9. The van der Waals surface area contributed by atoms with Crippen LogP contribution in [0.5, 0.6) is 0 Å². The lowest BCUT2D eigenvalue weighted by Gasteiger charge is -2.12. The lowest BCUT2D eigenvalue weighted by molar-refractivity contribution is -0.116. The molecule has 0 atom stereocenters. The van der Waals surface area contributed by atoms with Gasteiger partial charge in [-0.2, -0.15) is 5.10 Å². The van der Waals surface area contributed by atoms with Gasteiger partial charge in [0.15, 0.2) is 5.65 Å². The molecule has 0 aliphatic heterocycles. The Kier molecular flexibility index (Phi) is 4.95. The molecule has 2 amide bonds. The fraction of sp³-hybridized carbons (Fsp3) is 0.316. The lowest BCUT2D eigenvalue weighted by Crippen LogP contribution is -2.28. The Morgan fingerprint density at radius 3 is 2.79 bits per heavy atom. The van der Waals surface area contributed by atoms with Gasteiger partial charge in [0.05, 0.1) is 0 Å². The standard InChI is InChI=1S/C19H19BrN6O3/c1-10-3-4-11(18(28)22-12-5-6-12)7-13(10)23-14(27)8-26-9-21-17-15(19(26)29)16(20)24-25(17)2/h3-4,7,9,12H,5-6,8H2,1-2H3,(H,22,28)(H,23,27). The first-order valence-electron chi connectivity index (χ1n) is 9.12. The summed E-state index contributed by atoms with van der Waals surface area (Å²) < 4.78 is 3.10. The third kappa shape index (κ3) is 3.93. The number of fused-ring (bicyclic) bond motifs is 1. The molecule has 1 fully saturated rings. The van der Waals surface area contributed by atoms with Crippen LogP contribution in [0.4, 0.5) is 5.69 Å². The Morgan fingerprint density at radius 1 is 1.31 bits per heavy atom. The molecular weight excluding hydrogens is 440 g/mol. The molecule has 0 radical (unpaired) electrons. The minimum Gasteiger partial charge on any atom is -0.349 e. The molecule has 2 aromatic heterocycles. The molecule has 150 valence electrons. The van der Waals surface area contributed by atoms with Crippen molar-refractivity contribution in [2.45, 2.75) is 32.4 Å². The number of carbonyl (C=O) groups excluding carboxylic acids is 2. The van der Waals surface area contributed by atoms with E-state index in [4.69, 9.17) is 0 Å². The van der Waals surface area contributed by atoms with Gasteiger partial charge < -0.3 is 10.6 Å². The third-order valence-electron chi connectivity index (χ3n) is 4.77. The number of hydrogen-bond acceptors (Lipinski definition) is 5. The predicted octanol–water partition coefficient (Wildman–Crippen LogP) is 1.73. The second kappa shape index (κ2) is 7.43. The SMILES string of the molecule is Cc1ccc(C(=O)NC2CC2)cc1NC(=O)Cn1cnc2c(c(Br)nn2C)c1=O. The number of nitrogens with zero attached hydrogens (tertiary/aromatic N) is 4. The van der Waals surface area contributed by atoms with Crippen LogP contribution < -0.4 is 16.2 Å². The first kappa shape index (κ1) is 19.3. The van der Waals surface area contributed by atoms with E-state index < -0.39 is 5.91 Å². The largest absolute Gasteiger partial charge is 0.349 e. The quantitative estimate of drug-likeness (QED) is 0.604. The minimum atomic E-state index is -0.392. The Bertz CT molecular complexity index is 1190. The number of carbonyl (C=O) groups is 2. The van der Waals surface area contributed by atoms with Crippen molar-refractivity contribution in [2.75, 3.05) is 5.32 Å². The van der Waals surface area contributed by atoms with Crippen molar-refractivity contribution in [2.24, 2.45) is 7.05 Å². The summed E-state index contributed by atoms with van der Waals surface area (Å²) in [6, 6.07) is 5.41. The Labute approximate surface area is 174 Å². The number of anilines is 1. The van der Waals surface area contributed by atoms with Crippen LogP contribution in [0.3, 0.4) is 0 Å². The summed E-state index contributed by atoms with van der Waals surface area (Å²) in [5, 5.41) is 10.1. The van der Waals surface area contributed by atoms with Crippen LogP contribution in [0.25, 0.3) is 11.0 Å². The highest BCUT2D eigenvalue weighted by molar-refractivity contribution is 9.10. The molecule has 0 unspecified atom stereocenters. The van der Waals surface area contributed by atoms with E-state index >= 15 is 0 Å². The van der Waals surface area contributed by atoms with Crippen LogP contribution in [-0.2, 0) is 18.4 Å². The van der Waals surface area contributed by atoms with Crippen LogP contribution in [-0.4, -0.2) is 37.2 Å². The molecule has 3 aromatic rings. The monoisotopic (exact) mass is 458 g/mol. The number of amides is 2. The van der Waals surface area contributed by atoms with Gasteiger partial charge in [-0.1, -0.05) is 6.07 Å². The fourth-order valence-corrected chi connectivity index (χ4v) is 3.57. The molecule has 4 rings (SSSR count). The van der Waals surface area contributed by atoms with E-state index in [-0.39, 0.29) is 24.1 Å². The van der Waals surface area contributed by atoms with Crippen molar-refractivity contribution < 1.29 is 9.59 Å². The van der Waals surface area contributed by atoms with Gasteiger partial charge >= 0.3 is 0 Å². The zero-order valence-corrected chi connectivity index (χ0v) is 17.5. The van der Waals surface area contributed by atoms with Crippen molar-refractivity contribution in [3.8, 4) is 0 Å². The van der Waals surface area contributed by atoms with Crippen LogP contribution in [0.15, 0.2) is 33.9 Å². The molecule has 2 heterocycles. The smallest absolute Gasteiger partial charge is 0.266 e. The Morgan fingerprint density at radius 2 is 2.07 bits per heavy atom. The average molecular weight is 459 g/mol. The van der Waals surface area contributed by atoms with Crippen molar-refractivity contribution in [1.82, 2.24) is 24.6 Å². The maximum atomic E-state index is 12.7. The second-order valence-corrected chi connectivity index (χ2v) is 7.87. The van der Waals surface area contributed by atoms with Gasteiger partial charge in [0, 0.05) is 24.3 Å². The van der Waals surface area contributed by atoms with E-state index in [1.54, 1.807) is 25.2 Å². The highest BCUT2D eigenvalue weighted by Crippen LogP contribution is 2.21. The maximum Gasteiger partial charge on any atom is 0.266 e. The van der Waals surface area contributed by atoms with Gasteiger partial charge in [-0.3, -0.25) is 19.0 Å². The van der Waals surface area contributed by atoms with E-state index in [1.807, 2.05) is 6.92 Å². The zero-order chi connectivity index (χ0) is 20.7. The number of aryl methyl sites for hydroxylation is 2. The molecule has 1 aliphatic rings. The number of rotatable bonds is 5. The van der Waals surface area contributed by atoms with E-state index in [0.717, 1.165) is 18.4 Å². The minimum absolute atomic E-state index is 0.157. The highest BCUT2D eigenvalue weighted by Gasteiger charge is 2.24. The molecule has 0 saturated heterocycles. The first-order chi connectivity index (χ1) is 13.8. The molecule has 10 heteroatoms. The van der Waals surface area contributed by atoms with Crippen LogP contribution in [0, 0.1) is 6.92 Å². The first-order valence-corrected chi connectivity index (χ1v) is 9.92. The summed E-state index contributed by atoms with van der Waals surface area (Å²) in [4.78, 5) is 41.7. The number of benzene rings is 1. The Hall–Kier alpha value is -3.01. The molecule has 1 aliphatic carbocycles. The number of hydrogen-bond donors (Lipinski definition) is 2. The molecule has 0 bridgehead atoms. The molecule has 0 spiro atoms. The third-order valence-corrected chi connectivity index (χ3v) is 5.32. The summed E-state index contributed by atoms with van der Waals surface area (Å²) in [6.07, 6.45) is 3.33. The average Bonchev–Trinajstić information content (AvgIpc) is 3.43. The number of halogens is 1. The summed E-state index contributed by atoms with van der Waals surface area (Å²) >= 11 is 3.25. The van der Waals surface area contributed by atoms with Gasteiger partial charge in [0.25, 0.3) is 11.5 Å². The Balaban J connectivity index is 1.53. The van der Waals surface area contributed by atoms with Gasteiger partial charge in [0.2, 0.25) is 5.91 Å². The van der Waals surface area contributed by atoms with Crippen molar-refractivity contribution in [3.05, 3.63) is 50.6 Å². The van der Waals surface area contributed by atoms with Gasteiger partial charge in [0.1, 0.15) is 22.9 Å². The van der Waals surface area contributed by atoms with Crippen molar-refractivity contribution in [1.29, 1.82) is 0 Å². The molecule has 1 saturated carbocycles. The summed E-state index contributed by atoms with van der Waals surface area (Å²) in [5.41, 5.74) is 1.90. The van der Waals surface area contributed by atoms with E-state index in [0.29, 0.717) is 26.9 Å². The van der Waals surface area contributed by atoms with Gasteiger partial charge in [-0.05, 0) is 53.4 Å². The van der Waals surface area contributed by atoms with Crippen molar-refractivity contribution in [3.63, 3.8) is 0 Å². The number of aromatic nitrogens is 4. The number of nitrogens with one attached hydrogen (secondary N) is 2. The molecular formula is C19H19BrN6O3. The predicted molar refractivity (Wildman–Crippen MR) is 111 cm³/mol. The van der Waals surface area contributed by atoms with E-state index in [1.165, 1.54) is 15.6 Å². The fourth-order valence-electron chi connectivity index (χ4n) is 2.99. The van der Waals surface area contributed by atoms with Crippen LogP contribution >= 0.6 is 15.9 Å². The molecule has 9 nitrogen and oxygen atoms in total. The summed E-state index contributed by atoms with van der Waals surface area (Å²) in [7, 11) is 1.69. The normalized spacial score (nSPS) is 13.5. The molecule has 2 N–H and O–H groups in total. The van der Waals surface area contributed by atoms with Crippen LogP contribution in [0.1, 0.15) is 28.8 Å². The topological polar surface area (TPSA) is 111 Å². The van der Waals surface area contributed by atoms with Crippen molar-refractivity contribution >= 4 is 44.5 Å². The zero-order valence-electron chi connectivity index (χ0n) is 15.9. The summed E-state index contributed by atoms with van der Waals surface area (Å²) in [6.45, 7) is 1.63. The van der Waals surface area contributed by atoms with Gasteiger partial charge in [-0.15, -0.1) is 0 Å². The maximum absolute atomic E-state index is 12.7.